The van der Waals surface area contributed by atoms with Crippen LogP contribution in [0.2, 0.25) is 19.6 Å². The third-order valence-corrected chi connectivity index (χ3v) is 6.27. The quantitative estimate of drug-likeness (QED) is 0.505. The maximum Gasteiger partial charge on any atom is 0.318 e. The van der Waals surface area contributed by atoms with Gasteiger partial charge in [-0.2, -0.15) is 0 Å². The summed E-state index contributed by atoms with van der Waals surface area (Å²) in [6.07, 6.45) is 2.12. The van der Waals surface area contributed by atoms with Gasteiger partial charge in [0, 0.05) is 6.66 Å². The van der Waals surface area contributed by atoms with E-state index in [4.69, 9.17) is 8.74 Å². The minimum atomic E-state index is -2.83. The first-order valence-electron chi connectivity index (χ1n) is 5.63. The highest BCUT2D eigenvalue weighted by molar-refractivity contribution is 7.54. The summed E-state index contributed by atoms with van der Waals surface area (Å²) in [7, 11) is -4.61. The highest BCUT2D eigenvalue weighted by Crippen LogP contribution is 2.47. The van der Waals surface area contributed by atoms with Gasteiger partial charge in [0.15, 0.2) is 8.32 Å². The largest absolute Gasteiger partial charge is 0.351 e. The van der Waals surface area contributed by atoms with Gasteiger partial charge in [0.05, 0.1) is 6.61 Å². The Kier molecular flexibility index (Phi) is 6.34. The van der Waals surface area contributed by atoms with E-state index in [1.54, 1.807) is 6.66 Å². The fourth-order valence-electron chi connectivity index (χ4n) is 1.29. The molecule has 0 rings (SSSR count). The van der Waals surface area contributed by atoms with E-state index in [9.17, 15) is 4.57 Å². The maximum atomic E-state index is 12.0. The molecule has 0 aliphatic carbocycles. The van der Waals surface area contributed by atoms with Crippen LogP contribution in [0.4, 0.5) is 0 Å². The molecule has 0 spiro atoms. The summed E-state index contributed by atoms with van der Waals surface area (Å²) in [5, 5.41) is 0. The average molecular weight is 252 g/mol. The predicted octanol–water partition coefficient (Wildman–Crippen LogP) is 4.11. The van der Waals surface area contributed by atoms with Gasteiger partial charge in [-0.15, -0.1) is 0 Å². The van der Waals surface area contributed by atoms with Crippen LogP contribution in [0.5, 0.6) is 0 Å². The summed E-state index contributed by atoms with van der Waals surface area (Å²) < 4.78 is 22.9. The smallest absolute Gasteiger partial charge is 0.318 e. The monoisotopic (exact) mass is 252 g/mol. The molecule has 0 saturated heterocycles. The SMILES string of the molecule is CCC(CC)COP(C)(=O)O[Si](C)(C)C. The number of rotatable bonds is 7. The van der Waals surface area contributed by atoms with Crippen molar-refractivity contribution in [3.63, 3.8) is 0 Å². The van der Waals surface area contributed by atoms with E-state index in [1.165, 1.54) is 0 Å². The maximum absolute atomic E-state index is 12.0. The molecule has 1 unspecified atom stereocenters. The molecule has 0 amide bonds. The molecule has 0 saturated carbocycles. The van der Waals surface area contributed by atoms with Crippen LogP contribution in [0.1, 0.15) is 26.7 Å². The molecule has 0 aromatic heterocycles. The zero-order chi connectivity index (χ0) is 12.1. The van der Waals surface area contributed by atoms with E-state index in [0.29, 0.717) is 12.5 Å². The zero-order valence-corrected chi connectivity index (χ0v) is 12.8. The molecular formula is C10H25O3PSi. The molecule has 0 bridgehead atoms. The van der Waals surface area contributed by atoms with E-state index < -0.39 is 15.9 Å². The van der Waals surface area contributed by atoms with Gasteiger partial charge >= 0.3 is 7.60 Å². The van der Waals surface area contributed by atoms with Crippen LogP contribution < -0.4 is 0 Å². The molecule has 0 aliphatic rings. The van der Waals surface area contributed by atoms with Crippen molar-refractivity contribution in [1.29, 1.82) is 0 Å². The highest BCUT2D eigenvalue weighted by Gasteiger charge is 2.27. The Bertz CT molecular complexity index is 221. The molecule has 15 heavy (non-hydrogen) atoms. The molecule has 0 aromatic carbocycles. The zero-order valence-electron chi connectivity index (χ0n) is 10.9. The molecule has 0 heterocycles. The Balaban J connectivity index is 4.10. The van der Waals surface area contributed by atoms with E-state index >= 15 is 0 Å². The van der Waals surface area contributed by atoms with Gasteiger partial charge in [0.2, 0.25) is 0 Å². The number of hydrogen-bond donors (Lipinski definition) is 0. The van der Waals surface area contributed by atoms with Gasteiger partial charge in [0.1, 0.15) is 0 Å². The van der Waals surface area contributed by atoms with Crippen molar-refractivity contribution in [3.8, 4) is 0 Å². The van der Waals surface area contributed by atoms with E-state index in [2.05, 4.69) is 13.8 Å². The summed E-state index contributed by atoms with van der Waals surface area (Å²) in [4.78, 5) is 0. The van der Waals surface area contributed by atoms with Crippen LogP contribution in [-0.4, -0.2) is 21.6 Å². The van der Waals surface area contributed by atoms with Crippen molar-refractivity contribution in [2.45, 2.75) is 46.3 Å². The summed E-state index contributed by atoms with van der Waals surface area (Å²) in [6.45, 7) is 12.4. The molecule has 92 valence electrons. The molecule has 0 N–H and O–H groups in total. The summed E-state index contributed by atoms with van der Waals surface area (Å²) in [5.41, 5.74) is 0. The highest BCUT2D eigenvalue weighted by atomic mass is 31.2. The average Bonchev–Trinajstić information content (AvgIpc) is 2.01. The second kappa shape index (κ2) is 6.19. The molecule has 3 nitrogen and oxygen atoms in total. The van der Waals surface area contributed by atoms with Crippen LogP contribution >= 0.6 is 7.60 Å². The Labute approximate surface area is 95.2 Å². The summed E-state index contributed by atoms with van der Waals surface area (Å²) in [6, 6.07) is 0. The minimum Gasteiger partial charge on any atom is -0.351 e. The minimum absolute atomic E-state index is 0.489. The van der Waals surface area contributed by atoms with Crippen LogP contribution in [0.3, 0.4) is 0 Å². The lowest BCUT2D eigenvalue weighted by molar-refractivity contribution is 0.215. The Morgan fingerprint density at radius 1 is 1.20 bits per heavy atom. The van der Waals surface area contributed by atoms with Crippen molar-refractivity contribution >= 4 is 15.9 Å². The van der Waals surface area contributed by atoms with Gasteiger partial charge in [-0.1, -0.05) is 26.7 Å². The first-order valence-corrected chi connectivity index (χ1v) is 11.0. The van der Waals surface area contributed by atoms with Crippen molar-refractivity contribution < 1.29 is 13.3 Å². The van der Waals surface area contributed by atoms with Crippen LogP contribution in [0.25, 0.3) is 0 Å². The first kappa shape index (κ1) is 15.4. The van der Waals surface area contributed by atoms with Gasteiger partial charge < -0.3 is 8.74 Å². The first-order chi connectivity index (χ1) is 6.70. The normalized spacial score (nSPS) is 16.7. The second-order valence-corrected chi connectivity index (χ2v) is 11.7. The number of hydrogen-bond acceptors (Lipinski definition) is 3. The van der Waals surface area contributed by atoms with Crippen molar-refractivity contribution in [3.05, 3.63) is 0 Å². The third kappa shape index (κ3) is 8.20. The Hall–Kier alpha value is 0.367. The van der Waals surface area contributed by atoms with Crippen LogP contribution in [0, 0.1) is 5.92 Å². The summed E-state index contributed by atoms with van der Waals surface area (Å²) in [5.74, 6) is 0.489. The molecular weight excluding hydrogens is 227 g/mol. The van der Waals surface area contributed by atoms with Gasteiger partial charge in [-0.25, -0.2) is 0 Å². The van der Waals surface area contributed by atoms with Gasteiger partial charge in [0.25, 0.3) is 0 Å². The van der Waals surface area contributed by atoms with Crippen molar-refractivity contribution in [1.82, 2.24) is 0 Å². The van der Waals surface area contributed by atoms with Crippen LogP contribution in [0.15, 0.2) is 0 Å². The topological polar surface area (TPSA) is 35.5 Å². The lowest BCUT2D eigenvalue weighted by atomic mass is 10.1. The van der Waals surface area contributed by atoms with Crippen LogP contribution in [-0.2, 0) is 13.3 Å². The Morgan fingerprint density at radius 2 is 1.67 bits per heavy atom. The fourth-order valence-corrected chi connectivity index (χ4v) is 5.96. The predicted molar refractivity (Wildman–Crippen MR) is 68.0 cm³/mol. The molecule has 1 atom stereocenters. The van der Waals surface area contributed by atoms with E-state index in [-0.39, 0.29) is 0 Å². The fraction of sp³-hybridized carbons (Fsp3) is 1.00. The molecule has 0 radical (unpaired) electrons. The molecule has 5 heteroatoms. The van der Waals surface area contributed by atoms with Crippen molar-refractivity contribution in [2.24, 2.45) is 5.92 Å². The van der Waals surface area contributed by atoms with E-state index in [1.807, 2.05) is 19.6 Å². The standard InChI is InChI=1S/C10H25O3PSi/c1-7-10(8-2)9-12-14(3,11)13-15(4,5)6/h10H,7-9H2,1-6H3. The summed E-state index contributed by atoms with van der Waals surface area (Å²) >= 11 is 0. The lowest BCUT2D eigenvalue weighted by Gasteiger charge is -2.24. The van der Waals surface area contributed by atoms with E-state index in [0.717, 1.165) is 12.8 Å². The van der Waals surface area contributed by atoms with Crippen molar-refractivity contribution in [2.75, 3.05) is 13.3 Å². The Morgan fingerprint density at radius 3 is 2.00 bits per heavy atom. The lowest BCUT2D eigenvalue weighted by Crippen LogP contribution is -2.24. The molecule has 0 aliphatic heterocycles. The molecule has 0 fully saturated rings. The van der Waals surface area contributed by atoms with Gasteiger partial charge in [-0.3, -0.25) is 4.57 Å². The third-order valence-electron chi connectivity index (χ3n) is 2.14. The van der Waals surface area contributed by atoms with Gasteiger partial charge in [-0.05, 0) is 25.6 Å². The second-order valence-electron chi connectivity index (χ2n) is 4.95. The molecule has 0 aromatic rings.